The lowest BCUT2D eigenvalue weighted by atomic mass is 10.1. The van der Waals surface area contributed by atoms with Gasteiger partial charge in [0.15, 0.2) is 0 Å². The third-order valence-electron chi connectivity index (χ3n) is 6.33. The Bertz CT molecular complexity index is 1470. The smallest absolute Gasteiger partial charge is 0.264 e. The number of aryl methyl sites for hydroxylation is 1. The molecule has 40 heavy (non-hydrogen) atoms. The number of anilines is 1. The van der Waals surface area contributed by atoms with Gasteiger partial charge >= 0.3 is 0 Å². The number of sulfonamides is 1. The molecular weight excluding hydrogens is 569 g/mol. The van der Waals surface area contributed by atoms with Crippen LogP contribution in [-0.4, -0.2) is 43.3 Å². The minimum absolute atomic E-state index is 0.0352. The number of nitrogens with one attached hydrogen (secondary N) is 1. The first-order valence-electron chi connectivity index (χ1n) is 12.8. The van der Waals surface area contributed by atoms with Crippen LogP contribution in [0, 0.1) is 13.8 Å². The van der Waals surface area contributed by atoms with E-state index in [-0.39, 0.29) is 23.0 Å². The lowest BCUT2D eigenvalue weighted by Crippen LogP contribution is -2.54. The van der Waals surface area contributed by atoms with Crippen molar-refractivity contribution in [2.75, 3.05) is 10.8 Å². The first-order chi connectivity index (χ1) is 18.6. The largest absolute Gasteiger partial charge is 0.350 e. The van der Waals surface area contributed by atoms with Crippen LogP contribution in [0.3, 0.4) is 0 Å². The second-order valence-corrected chi connectivity index (χ2v) is 13.5. The van der Waals surface area contributed by atoms with Gasteiger partial charge in [0.1, 0.15) is 12.6 Å². The highest BCUT2D eigenvalue weighted by atomic mass is 35.5. The Kier molecular flexibility index (Phi) is 9.93. The molecule has 0 saturated heterocycles. The quantitative estimate of drug-likeness (QED) is 0.318. The zero-order valence-electron chi connectivity index (χ0n) is 23.5. The molecule has 1 N–H and O–H groups in total. The maximum atomic E-state index is 14.0. The lowest BCUT2D eigenvalue weighted by Gasteiger charge is -2.34. The molecule has 7 nitrogen and oxygen atoms in total. The van der Waals surface area contributed by atoms with Gasteiger partial charge in [-0.3, -0.25) is 13.9 Å². The van der Waals surface area contributed by atoms with Crippen LogP contribution in [0.1, 0.15) is 44.4 Å². The molecule has 10 heteroatoms. The van der Waals surface area contributed by atoms with Gasteiger partial charge in [-0.2, -0.15) is 0 Å². The van der Waals surface area contributed by atoms with Gasteiger partial charge in [-0.25, -0.2) is 8.42 Å². The maximum absolute atomic E-state index is 14.0. The fraction of sp³-hybridized carbons (Fsp3) is 0.333. The van der Waals surface area contributed by atoms with Gasteiger partial charge in [0.2, 0.25) is 11.8 Å². The summed E-state index contributed by atoms with van der Waals surface area (Å²) < 4.78 is 29.0. The first kappa shape index (κ1) is 31.5. The van der Waals surface area contributed by atoms with Gasteiger partial charge in [0.05, 0.1) is 10.6 Å². The number of rotatable bonds is 9. The highest BCUT2D eigenvalue weighted by Gasteiger charge is 2.34. The summed E-state index contributed by atoms with van der Waals surface area (Å²) in [6.45, 7) is 10.3. The van der Waals surface area contributed by atoms with E-state index in [2.05, 4.69) is 5.32 Å². The third-order valence-corrected chi connectivity index (χ3v) is 8.76. The highest BCUT2D eigenvalue weighted by Crippen LogP contribution is 2.31. The molecule has 0 aliphatic heterocycles. The molecule has 0 aliphatic rings. The maximum Gasteiger partial charge on any atom is 0.264 e. The molecule has 2 amide bonds. The van der Waals surface area contributed by atoms with Crippen molar-refractivity contribution >= 4 is 50.7 Å². The molecule has 0 radical (unpaired) electrons. The minimum atomic E-state index is -4.18. The molecule has 3 rings (SSSR count). The molecular formula is C30H35Cl2N3O4S. The van der Waals surface area contributed by atoms with Gasteiger partial charge in [0, 0.05) is 22.1 Å². The fourth-order valence-electron chi connectivity index (χ4n) is 4.06. The number of halogens is 2. The SMILES string of the molecule is Cc1ccc(S(=O)(=O)N(CC(=O)N(Cc2ccc(Cl)cc2)C(C)C(=O)NC(C)(C)C)c2cccc(Cl)c2C)cc1. The van der Waals surface area contributed by atoms with Gasteiger partial charge in [-0.1, -0.05) is 59.1 Å². The molecule has 0 bridgehead atoms. The molecule has 0 aromatic heterocycles. The number of amides is 2. The van der Waals surface area contributed by atoms with Gasteiger partial charge in [-0.05, 0) is 89.1 Å². The van der Waals surface area contributed by atoms with Crippen LogP contribution in [0.2, 0.25) is 10.0 Å². The van der Waals surface area contributed by atoms with Gasteiger partial charge < -0.3 is 10.2 Å². The van der Waals surface area contributed by atoms with E-state index >= 15 is 0 Å². The van der Waals surface area contributed by atoms with Crippen molar-refractivity contribution < 1.29 is 18.0 Å². The van der Waals surface area contributed by atoms with E-state index < -0.39 is 34.1 Å². The monoisotopic (exact) mass is 603 g/mol. The second kappa shape index (κ2) is 12.6. The summed E-state index contributed by atoms with van der Waals surface area (Å²) in [5.74, 6) is -0.914. The Morgan fingerprint density at radius 2 is 1.52 bits per heavy atom. The molecule has 0 saturated carbocycles. The van der Waals surface area contributed by atoms with Crippen molar-refractivity contribution in [3.63, 3.8) is 0 Å². The lowest BCUT2D eigenvalue weighted by molar-refractivity contribution is -0.140. The Balaban J connectivity index is 2.08. The number of hydrogen-bond donors (Lipinski definition) is 1. The summed E-state index contributed by atoms with van der Waals surface area (Å²) in [6.07, 6.45) is 0. The van der Waals surface area contributed by atoms with E-state index in [1.165, 1.54) is 17.0 Å². The van der Waals surface area contributed by atoms with E-state index in [0.717, 1.165) is 15.4 Å². The number of carbonyl (C=O) groups is 2. The number of benzene rings is 3. The molecule has 214 valence electrons. The number of nitrogens with zero attached hydrogens (tertiary/aromatic N) is 2. The van der Waals surface area contributed by atoms with Crippen LogP contribution in [0.4, 0.5) is 5.69 Å². The predicted octanol–water partition coefficient (Wildman–Crippen LogP) is 6.14. The average Bonchev–Trinajstić information content (AvgIpc) is 2.87. The van der Waals surface area contributed by atoms with E-state index in [4.69, 9.17) is 23.2 Å². The van der Waals surface area contributed by atoms with Crippen LogP contribution in [-0.2, 0) is 26.2 Å². The van der Waals surface area contributed by atoms with Gasteiger partial charge in [0.25, 0.3) is 10.0 Å². The summed E-state index contributed by atoms with van der Waals surface area (Å²) in [6, 6.07) is 17.3. The van der Waals surface area contributed by atoms with Crippen LogP contribution >= 0.6 is 23.2 Å². The van der Waals surface area contributed by atoms with Crippen LogP contribution < -0.4 is 9.62 Å². The highest BCUT2D eigenvalue weighted by molar-refractivity contribution is 7.92. The second-order valence-electron chi connectivity index (χ2n) is 10.8. The molecule has 0 heterocycles. The Hall–Kier alpha value is -3.07. The fourth-order valence-corrected chi connectivity index (χ4v) is 5.83. The summed E-state index contributed by atoms with van der Waals surface area (Å²) in [5.41, 5.74) is 1.89. The summed E-state index contributed by atoms with van der Waals surface area (Å²) in [5, 5.41) is 3.81. The van der Waals surface area contributed by atoms with Crippen molar-refractivity contribution in [1.82, 2.24) is 10.2 Å². The molecule has 0 aliphatic carbocycles. The molecule has 3 aromatic carbocycles. The van der Waals surface area contributed by atoms with Crippen molar-refractivity contribution in [2.45, 2.75) is 64.6 Å². The number of hydrogen-bond acceptors (Lipinski definition) is 4. The molecule has 0 fully saturated rings. The summed E-state index contributed by atoms with van der Waals surface area (Å²) in [4.78, 5) is 28.6. The Morgan fingerprint density at radius 1 is 0.925 bits per heavy atom. The van der Waals surface area contributed by atoms with E-state index in [1.807, 2.05) is 27.7 Å². The molecule has 0 spiro atoms. The van der Waals surface area contributed by atoms with Crippen LogP contribution in [0.5, 0.6) is 0 Å². The van der Waals surface area contributed by atoms with E-state index in [0.29, 0.717) is 15.6 Å². The average molecular weight is 605 g/mol. The van der Waals surface area contributed by atoms with Crippen LogP contribution in [0.15, 0.2) is 71.6 Å². The van der Waals surface area contributed by atoms with Crippen molar-refractivity contribution in [3.05, 3.63) is 93.5 Å². The predicted molar refractivity (Wildman–Crippen MR) is 161 cm³/mol. The Labute approximate surface area is 247 Å². The molecule has 1 atom stereocenters. The first-order valence-corrected chi connectivity index (χ1v) is 15.0. The summed E-state index contributed by atoms with van der Waals surface area (Å²) in [7, 11) is -4.18. The Morgan fingerprint density at radius 3 is 2.10 bits per heavy atom. The minimum Gasteiger partial charge on any atom is -0.350 e. The van der Waals surface area contributed by atoms with Crippen LogP contribution in [0.25, 0.3) is 0 Å². The van der Waals surface area contributed by atoms with Gasteiger partial charge in [-0.15, -0.1) is 0 Å². The van der Waals surface area contributed by atoms with Crippen molar-refractivity contribution in [1.29, 1.82) is 0 Å². The van der Waals surface area contributed by atoms with E-state index in [1.54, 1.807) is 68.4 Å². The number of carbonyl (C=O) groups excluding carboxylic acids is 2. The third kappa shape index (κ3) is 7.77. The standard InChI is InChI=1S/C30H35Cl2N3O4S/c1-20-10-16-25(17-11-20)40(38,39)35(27-9-7-8-26(32)21(27)2)19-28(36)34(18-23-12-14-24(31)15-13-23)22(3)29(37)33-30(4,5)6/h7-17,22H,18-19H2,1-6H3,(H,33,37). The zero-order valence-corrected chi connectivity index (χ0v) is 25.9. The van der Waals surface area contributed by atoms with E-state index in [9.17, 15) is 18.0 Å². The normalized spacial score (nSPS) is 12.5. The van der Waals surface area contributed by atoms with Crippen molar-refractivity contribution in [2.24, 2.45) is 0 Å². The van der Waals surface area contributed by atoms with Crippen molar-refractivity contribution in [3.8, 4) is 0 Å². The topological polar surface area (TPSA) is 86.8 Å². The zero-order chi connectivity index (χ0) is 29.8. The molecule has 1 unspecified atom stereocenters. The molecule has 3 aromatic rings. The summed E-state index contributed by atoms with van der Waals surface area (Å²) >= 11 is 12.4.